The molecule has 0 aliphatic carbocycles. The van der Waals surface area contributed by atoms with Gasteiger partial charge in [0.15, 0.2) is 0 Å². The van der Waals surface area contributed by atoms with Crippen LogP contribution < -0.4 is 4.74 Å². The van der Waals surface area contributed by atoms with Gasteiger partial charge in [-0.25, -0.2) is 9.97 Å². The number of carbonyl (C=O) groups is 1. The van der Waals surface area contributed by atoms with E-state index in [2.05, 4.69) is 15.0 Å². The van der Waals surface area contributed by atoms with E-state index < -0.39 is 6.10 Å². The Morgan fingerprint density at radius 1 is 1.20 bits per heavy atom. The number of aromatic nitrogens is 3. The Kier molecular flexibility index (Phi) is 5.23. The summed E-state index contributed by atoms with van der Waals surface area (Å²) in [5.74, 6) is 1.09. The van der Waals surface area contributed by atoms with Crippen LogP contribution >= 0.6 is 0 Å². The highest BCUT2D eigenvalue weighted by atomic mass is 16.5. The van der Waals surface area contributed by atoms with Crippen molar-refractivity contribution in [3.05, 3.63) is 47.8 Å². The number of hydrogen-bond donors (Lipinski definition) is 1. The van der Waals surface area contributed by atoms with Crippen molar-refractivity contribution in [3.63, 3.8) is 0 Å². The highest BCUT2D eigenvalue weighted by Crippen LogP contribution is 2.22. The summed E-state index contributed by atoms with van der Waals surface area (Å²) >= 11 is 0. The van der Waals surface area contributed by atoms with E-state index in [9.17, 15) is 9.90 Å². The third-order valence-corrected chi connectivity index (χ3v) is 4.33. The average Bonchev–Trinajstić information content (AvgIpc) is 2.79. The van der Waals surface area contributed by atoms with Crippen molar-refractivity contribution in [1.29, 1.82) is 0 Å². The van der Waals surface area contributed by atoms with Crippen LogP contribution in [0, 0.1) is 13.8 Å². The number of hydrogen-bond acceptors (Lipinski definition) is 6. The second-order valence-electron chi connectivity index (χ2n) is 6.17. The summed E-state index contributed by atoms with van der Waals surface area (Å²) in [7, 11) is 0. The number of amides is 1. The van der Waals surface area contributed by atoms with Crippen molar-refractivity contribution in [3.8, 4) is 5.75 Å². The van der Waals surface area contributed by atoms with Gasteiger partial charge in [-0.15, -0.1) is 0 Å². The number of rotatable bonds is 3. The summed E-state index contributed by atoms with van der Waals surface area (Å²) in [4.78, 5) is 26.8. The highest BCUT2D eigenvalue weighted by molar-refractivity contribution is 5.92. The number of ether oxygens (including phenoxy) is 1. The molecule has 1 amide bonds. The fourth-order valence-corrected chi connectivity index (χ4v) is 2.90. The first-order valence-electron chi connectivity index (χ1n) is 8.40. The SMILES string of the molecule is Cc1nccc(C(=O)N2CC[C@H](Oc3cccnc3C)[C@@H](O)CC2)n1. The number of aliphatic hydroxyl groups is 1. The minimum Gasteiger partial charge on any atom is -0.486 e. The molecule has 1 N–H and O–H groups in total. The third kappa shape index (κ3) is 4.11. The van der Waals surface area contributed by atoms with E-state index in [1.165, 1.54) is 0 Å². The maximum atomic E-state index is 12.6. The van der Waals surface area contributed by atoms with Gasteiger partial charge in [0.2, 0.25) is 0 Å². The minimum atomic E-state index is -0.635. The molecule has 132 valence electrons. The Bertz CT molecular complexity index is 753. The van der Waals surface area contributed by atoms with E-state index in [4.69, 9.17) is 4.74 Å². The number of pyridine rings is 1. The van der Waals surface area contributed by atoms with E-state index in [1.54, 1.807) is 36.4 Å². The van der Waals surface area contributed by atoms with Gasteiger partial charge in [0.25, 0.3) is 5.91 Å². The Balaban J connectivity index is 1.68. The van der Waals surface area contributed by atoms with Gasteiger partial charge in [-0.3, -0.25) is 9.78 Å². The van der Waals surface area contributed by atoms with E-state index in [1.807, 2.05) is 13.0 Å². The molecule has 2 aromatic rings. The maximum absolute atomic E-state index is 12.6. The van der Waals surface area contributed by atoms with Crippen molar-refractivity contribution >= 4 is 5.91 Å². The molecule has 3 rings (SSSR count). The molecule has 3 heterocycles. The van der Waals surface area contributed by atoms with Crippen LogP contribution in [0.25, 0.3) is 0 Å². The number of aryl methyl sites for hydroxylation is 2. The van der Waals surface area contributed by atoms with Crippen LogP contribution in [0.3, 0.4) is 0 Å². The van der Waals surface area contributed by atoms with E-state index >= 15 is 0 Å². The molecule has 0 spiro atoms. The van der Waals surface area contributed by atoms with Gasteiger partial charge in [-0.05, 0) is 38.5 Å². The lowest BCUT2D eigenvalue weighted by Crippen LogP contribution is -2.33. The van der Waals surface area contributed by atoms with Gasteiger partial charge in [0.1, 0.15) is 23.4 Å². The van der Waals surface area contributed by atoms with Crippen LogP contribution in [0.4, 0.5) is 0 Å². The Hall–Kier alpha value is -2.54. The summed E-state index contributed by atoms with van der Waals surface area (Å²) in [6, 6.07) is 5.26. The zero-order valence-electron chi connectivity index (χ0n) is 14.4. The molecular weight excluding hydrogens is 320 g/mol. The van der Waals surface area contributed by atoms with Gasteiger partial charge < -0.3 is 14.7 Å². The number of likely N-dealkylation sites (tertiary alicyclic amines) is 1. The van der Waals surface area contributed by atoms with Gasteiger partial charge in [-0.2, -0.15) is 0 Å². The highest BCUT2D eigenvalue weighted by Gasteiger charge is 2.29. The lowest BCUT2D eigenvalue weighted by atomic mass is 10.1. The van der Waals surface area contributed by atoms with Gasteiger partial charge in [0, 0.05) is 31.9 Å². The molecule has 2 aromatic heterocycles. The van der Waals surface area contributed by atoms with Crippen LogP contribution in [0.1, 0.15) is 34.8 Å². The van der Waals surface area contributed by atoms with Crippen LogP contribution in [-0.2, 0) is 0 Å². The number of aliphatic hydroxyl groups excluding tert-OH is 1. The first kappa shape index (κ1) is 17.3. The van der Waals surface area contributed by atoms with Crippen LogP contribution in [0.5, 0.6) is 5.75 Å². The van der Waals surface area contributed by atoms with Crippen molar-refractivity contribution in [1.82, 2.24) is 19.9 Å². The standard InChI is InChI=1S/C18H22N4O3/c1-12-16(4-3-8-19-12)25-17-7-11-22(10-6-15(17)23)18(24)14-5-9-20-13(2)21-14/h3-5,8-9,15,17,23H,6-7,10-11H2,1-2H3/t15-,17-/m0/s1. The van der Waals surface area contributed by atoms with Crippen LogP contribution in [0.2, 0.25) is 0 Å². The third-order valence-electron chi connectivity index (χ3n) is 4.33. The van der Waals surface area contributed by atoms with Crippen molar-refractivity contribution < 1.29 is 14.6 Å². The molecule has 7 heteroatoms. The zero-order chi connectivity index (χ0) is 17.8. The number of carbonyl (C=O) groups excluding carboxylic acids is 1. The zero-order valence-corrected chi connectivity index (χ0v) is 14.4. The predicted octanol–water partition coefficient (Wildman–Crippen LogP) is 1.53. The molecule has 0 aromatic carbocycles. The molecule has 0 radical (unpaired) electrons. The van der Waals surface area contributed by atoms with Gasteiger partial charge in [0.05, 0.1) is 11.8 Å². The first-order valence-corrected chi connectivity index (χ1v) is 8.40. The second kappa shape index (κ2) is 7.57. The minimum absolute atomic E-state index is 0.143. The Morgan fingerprint density at radius 2 is 2.00 bits per heavy atom. The monoisotopic (exact) mass is 342 g/mol. The summed E-state index contributed by atoms with van der Waals surface area (Å²) < 4.78 is 5.96. The molecule has 7 nitrogen and oxygen atoms in total. The molecule has 0 bridgehead atoms. The molecule has 25 heavy (non-hydrogen) atoms. The Labute approximate surface area is 146 Å². The Morgan fingerprint density at radius 3 is 2.76 bits per heavy atom. The molecule has 0 saturated carbocycles. The molecule has 1 saturated heterocycles. The summed E-state index contributed by atoms with van der Waals surface area (Å²) in [6.45, 7) is 4.59. The second-order valence-corrected chi connectivity index (χ2v) is 6.17. The lowest BCUT2D eigenvalue weighted by molar-refractivity contribution is 0.0343. The average molecular weight is 342 g/mol. The molecule has 2 atom stereocenters. The first-order chi connectivity index (χ1) is 12.0. The van der Waals surface area contributed by atoms with E-state index in [0.29, 0.717) is 43.2 Å². The quantitative estimate of drug-likeness (QED) is 0.910. The van der Waals surface area contributed by atoms with Crippen molar-refractivity contribution in [2.75, 3.05) is 13.1 Å². The van der Waals surface area contributed by atoms with Crippen molar-refractivity contribution in [2.24, 2.45) is 0 Å². The summed E-state index contributed by atoms with van der Waals surface area (Å²) in [5, 5.41) is 10.4. The molecule has 0 unspecified atom stereocenters. The van der Waals surface area contributed by atoms with Gasteiger partial charge in [-0.1, -0.05) is 0 Å². The fraction of sp³-hybridized carbons (Fsp3) is 0.444. The number of nitrogens with zero attached hydrogens (tertiary/aromatic N) is 4. The normalized spacial score (nSPS) is 20.8. The molecule has 1 aliphatic rings. The van der Waals surface area contributed by atoms with Crippen LogP contribution in [-0.4, -0.2) is 56.2 Å². The smallest absolute Gasteiger partial charge is 0.272 e. The largest absolute Gasteiger partial charge is 0.486 e. The fourth-order valence-electron chi connectivity index (χ4n) is 2.90. The van der Waals surface area contributed by atoms with Gasteiger partial charge >= 0.3 is 0 Å². The molecular formula is C18H22N4O3. The van der Waals surface area contributed by atoms with Crippen molar-refractivity contribution in [2.45, 2.75) is 38.9 Å². The van der Waals surface area contributed by atoms with E-state index in [-0.39, 0.29) is 12.0 Å². The topological polar surface area (TPSA) is 88.4 Å². The summed E-state index contributed by atoms with van der Waals surface area (Å²) in [5.41, 5.74) is 1.16. The maximum Gasteiger partial charge on any atom is 0.272 e. The predicted molar refractivity (Wildman–Crippen MR) is 91.3 cm³/mol. The van der Waals surface area contributed by atoms with Crippen LogP contribution in [0.15, 0.2) is 30.6 Å². The molecule has 1 fully saturated rings. The lowest BCUT2D eigenvalue weighted by Gasteiger charge is -2.22. The van der Waals surface area contributed by atoms with E-state index in [0.717, 1.165) is 5.69 Å². The molecule has 1 aliphatic heterocycles. The summed E-state index contributed by atoms with van der Waals surface area (Å²) in [6.07, 6.45) is 3.29.